The molecule has 0 unspecified atom stereocenters. The fourth-order valence-corrected chi connectivity index (χ4v) is 1.46. The topological polar surface area (TPSA) is 36.7 Å². The molecule has 0 N–H and O–H groups in total. The average Bonchev–Trinajstić information content (AvgIpc) is 2.39. The van der Waals surface area contributed by atoms with E-state index < -0.39 is 0 Å². The molecule has 2 rings (SSSR count). The lowest BCUT2D eigenvalue weighted by atomic mass is 10.1. The number of pyridine rings is 1. The minimum absolute atomic E-state index is 0.709. The summed E-state index contributed by atoms with van der Waals surface area (Å²) >= 11 is 0. The smallest absolute Gasteiger partial charge is 0.0988 e. The maximum Gasteiger partial charge on any atom is 0.0988 e. The van der Waals surface area contributed by atoms with Crippen molar-refractivity contribution in [1.82, 2.24) is 4.98 Å². The van der Waals surface area contributed by atoms with Gasteiger partial charge in [0.25, 0.3) is 0 Å². The number of hydrogen-bond donors (Lipinski definition) is 0. The van der Waals surface area contributed by atoms with Crippen LogP contribution in [-0.4, -0.2) is 4.98 Å². The Balaban J connectivity index is 2.47. The zero-order chi connectivity index (χ0) is 9.97. The number of fused-ring (bicyclic) bond motifs is 1. The molecule has 0 aliphatic heterocycles. The molecule has 1 heterocycles. The van der Waals surface area contributed by atoms with Gasteiger partial charge < -0.3 is 0 Å². The normalized spacial score (nSPS) is 13.9. The zero-order valence-electron chi connectivity index (χ0n) is 7.99. The van der Waals surface area contributed by atoms with Gasteiger partial charge >= 0.3 is 0 Å². The van der Waals surface area contributed by atoms with Crippen molar-refractivity contribution in [1.29, 1.82) is 5.26 Å². The Morgan fingerprint density at radius 1 is 1.36 bits per heavy atom. The van der Waals surface area contributed by atoms with Crippen LogP contribution >= 0.6 is 0 Å². The van der Waals surface area contributed by atoms with E-state index in [0.717, 1.165) is 17.8 Å². The number of aryl methyl sites for hydroxylation is 1. The van der Waals surface area contributed by atoms with Crippen molar-refractivity contribution in [2.45, 2.75) is 13.3 Å². The van der Waals surface area contributed by atoms with Crippen LogP contribution in [0.2, 0.25) is 0 Å². The van der Waals surface area contributed by atoms with E-state index in [2.05, 4.69) is 17.1 Å². The summed E-state index contributed by atoms with van der Waals surface area (Å²) in [4.78, 5) is 4.41. The molecular weight excluding hydrogens is 172 g/mol. The predicted octanol–water partition coefficient (Wildman–Crippen LogP) is 2.41. The van der Waals surface area contributed by atoms with E-state index in [1.807, 2.05) is 31.2 Å². The van der Waals surface area contributed by atoms with Crippen LogP contribution in [0.5, 0.6) is 0 Å². The van der Waals surface area contributed by atoms with Gasteiger partial charge in [-0.3, -0.25) is 4.98 Å². The SMILES string of the molecule is Cc1ccc2c(n1)C=CC(C#N)=CC2. The lowest BCUT2D eigenvalue weighted by Crippen LogP contribution is -1.92. The highest BCUT2D eigenvalue weighted by molar-refractivity contribution is 5.58. The van der Waals surface area contributed by atoms with Crippen LogP contribution in [0.25, 0.3) is 6.08 Å². The lowest BCUT2D eigenvalue weighted by Gasteiger charge is -2.01. The molecule has 68 valence electrons. The zero-order valence-corrected chi connectivity index (χ0v) is 7.99. The first kappa shape index (κ1) is 8.71. The molecule has 2 nitrogen and oxygen atoms in total. The van der Waals surface area contributed by atoms with Crippen molar-refractivity contribution >= 4 is 6.08 Å². The average molecular weight is 182 g/mol. The van der Waals surface area contributed by atoms with E-state index in [9.17, 15) is 0 Å². The minimum Gasteiger partial charge on any atom is -0.253 e. The Hall–Kier alpha value is -1.88. The van der Waals surface area contributed by atoms with E-state index in [1.165, 1.54) is 5.56 Å². The van der Waals surface area contributed by atoms with Crippen molar-refractivity contribution in [3.8, 4) is 6.07 Å². The summed E-state index contributed by atoms with van der Waals surface area (Å²) in [5.41, 5.74) is 3.87. The van der Waals surface area contributed by atoms with Crippen molar-refractivity contribution < 1.29 is 0 Å². The van der Waals surface area contributed by atoms with Crippen LogP contribution in [0.4, 0.5) is 0 Å². The molecular formula is C12H10N2. The fraction of sp³-hybridized carbons (Fsp3) is 0.167. The largest absolute Gasteiger partial charge is 0.253 e. The molecule has 0 atom stereocenters. The quantitative estimate of drug-likeness (QED) is 0.617. The summed E-state index contributed by atoms with van der Waals surface area (Å²) in [7, 11) is 0. The third-order valence-electron chi connectivity index (χ3n) is 2.24. The predicted molar refractivity (Wildman–Crippen MR) is 55.4 cm³/mol. The van der Waals surface area contributed by atoms with Gasteiger partial charge in [0.15, 0.2) is 0 Å². The second-order valence-electron chi connectivity index (χ2n) is 3.31. The lowest BCUT2D eigenvalue weighted by molar-refractivity contribution is 1.12. The molecule has 0 saturated carbocycles. The minimum atomic E-state index is 0.709. The van der Waals surface area contributed by atoms with Crippen molar-refractivity contribution in [2.24, 2.45) is 0 Å². The highest BCUT2D eigenvalue weighted by atomic mass is 14.7. The number of hydrogen-bond acceptors (Lipinski definition) is 2. The molecule has 0 spiro atoms. The molecule has 0 aromatic carbocycles. The van der Waals surface area contributed by atoms with Crippen molar-refractivity contribution in [3.05, 3.63) is 46.8 Å². The molecule has 1 aliphatic carbocycles. The molecule has 1 aliphatic rings. The molecule has 0 bridgehead atoms. The molecule has 0 radical (unpaired) electrons. The summed E-state index contributed by atoms with van der Waals surface area (Å²) in [6.45, 7) is 1.97. The van der Waals surface area contributed by atoms with E-state index >= 15 is 0 Å². The first-order chi connectivity index (χ1) is 6.79. The van der Waals surface area contributed by atoms with Crippen LogP contribution in [0.1, 0.15) is 17.0 Å². The van der Waals surface area contributed by atoms with Crippen LogP contribution in [0, 0.1) is 18.3 Å². The highest BCUT2D eigenvalue weighted by Gasteiger charge is 2.04. The van der Waals surface area contributed by atoms with Crippen LogP contribution < -0.4 is 0 Å². The van der Waals surface area contributed by atoms with E-state index in [0.29, 0.717) is 5.57 Å². The molecule has 1 aromatic rings. The van der Waals surface area contributed by atoms with Crippen LogP contribution in [-0.2, 0) is 6.42 Å². The van der Waals surface area contributed by atoms with Gasteiger partial charge in [0.05, 0.1) is 11.8 Å². The third kappa shape index (κ3) is 1.57. The Kier molecular flexibility index (Phi) is 2.16. The van der Waals surface area contributed by atoms with E-state index in [-0.39, 0.29) is 0 Å². The molecule has 2 heteroatoms. The number of allylic oxidation sites excluding steroid dienone is 3. The van der Waals surface area contributed by atoms with Gasteiger partial charge in [0.2, 0.25) is 0 Å². The Labute approximate surface area is 83.2 Å². The Morgan fingerprint density at radius 2 is 2.21 bits per heavy atom. The number of rotatable bonds is 0. The Morgan fingerprint density at radius 3 is 3.00 bits per heavy atom. The molecule has 0 fully saturated rings. The summed E-state index contributed by atoms with van der Waals surface area (Å²) in [5, 5.41) is 8.76. The first-order valence-electron chi connectivity index (χ1n) is 4.54. The van der Waals surface area contributed by atoms with Crippen LogP contribution in [0.3, 0.4) is 0 Å². The fourth-order valence-electron chi connectivity index (χ4n) is 1.46. The summed E-state index contributed by atoms with van der Waals surface area (Å²) in [6, 6.07) is 6.21. The molecule has 14 heavy (non-hydrogen) atoms. The van der Waals surface area contributed by atoms with Gasteiger partial charge in [-0.2, -0.15) is 5.26 Å². The highest BCUT2D eigenvalue weighted by Crippen LogP contribution is 2.16. The maximum atomic E-state index is 8.76. The number of nitrogens with zero attached hydrogens (tertiary/aromatic N) is 2. The maximum absolute atomic E-state index is 8.76. The summed E-state index contributed by atoms with van der Waals surface area (Å²) in [6.07, 6.45) is 6.44. The summed E-state index contributed by atoms with van der Waals surface area (Å²) in [5.74, 6) is 0. The molecule has 0 saturated heterocycles. The van der Waals surface area contributed by atoms with Crippen molar-refractivity contribution in [2.75, 3.05) is 0 Å². The van der Waals surface area contributed by atoms with E-state index in [4.69, 9.17) is 5.26 Å². The van der Waals surface area contributed by atoms with Gasteiger partial charge in [0, 0.05) is 11.3 Å². The monoisotopic (exact) mass is 182 g/mol. The Bertz CT molecular complexity index is 462. The van der Waals surface area contributed by atoms with Gasteiger partial charge in [0.1, 0.15) is 0 Å². The molecule has 0 amide bonds. The standard InChI is InChI=1S/C12H10N2/c1-9-2-5-11-6-3-10(8-13)4-7-12(11)14-9/h2-5,7H,6H2,1H3. The second-order valence-corrected chi connectivity index (χ2v) is 3.31. The van der Waals surface area contributed by atoms with Gasteiger partial charge in [-0.15, -0.1) is 0 Å². The molecule has 1 aromatic heterocycles. The number of nitriles is 1. The number of aromatic nitrogens is 1. The third-order valence-corrected chi connectivity index (χ3v) is 2.24. The van der Waals surface area contributed by atoms with Gasteiger partial charge in [-0.05, 0) is 37.1 Å². The summed E-state index contributed by atoms with van der Waals surface area (Å²) < 4.78 is 0. The van der Waals surface area contributed by atoms with Gasteiger partial charge in [-0.1, -0.05) is 12.1 Å². The van der Waals surface area contributed by atoms with Crippen LogP contribution in [0.15, 0.2) is 29.9 Å². The second kappa shape index (κ2) is 3.47. The van der Waals surface area contributed by atoms with Gasteiger partial charge in [-0.25, -0.2) is 0 Å². The van der Waals surface area contributed by atoms with E-state index in [1.54, 1.807) is 0 Å². The van der Waals surface area contributed by atoms with Crippen molar-refractivity contribution in [3.63, 3.8) is 0 Å². The first-order valence-corrected chi connectivity index (χ1v) is 4.54.